The molecular formula is C13H21NO3. The second kappa shape index (κ2) is 6.59. The Balaban J connectivity index is 2.66. The van der Waals surface area contributed by atoms with Gasteiger partial charge >= 0.3 is 0 Å². The average molecular weight is 239 g/mol. The topological polar surface area (TPSA) is 75.7 Å². The number of nitrogens with two attached hydrogens (primary N) is 1. The largest absolute Gasteiger partial charge is 0.491 e. The van der Waals surface area contributed by atoms with Crippen LogP contribution in [0.3, 0.4) is 0 Å². The number of hydrogen-bond donors (Lipinski definition) is 3. The third kappa shape index (κ3) is 4.34. The number of aliphatic hydroxyl groups is 2. The van der Waals surface area contributed by atoms with Gasteiger partial charge in [0.1, 0.15) is 5.75 Å². The molecule has 17 heavy (non-hydrogen) atoms. The predicted octanol–water partition coefficient (Wildman–Crippen LogP) is 1.22. The van der Waals surface area contributed by atoms with E-state index in [-0.39, 0.29) is 12.7 Å². The van der Waals surface area contributed by atoms with Crippen LogP contribution in [0.4, 0.5) is 0 Å². The van der Waals surface area contributed by atoms with E-state index in [0.717, 1.165) is 11.3 Å². The predicted molar refractivity (Wildman–Crippen MR) is 66.8 cm³/mol. The molecule has 2 unspecified atom stereocenters. The molecule has 0 aromatic heterocycles. The molecule has 2 atom stereocenters. The van der Waals surface area contributed by atoms with E-state index in [1.54, 1.807) is 12.1 Å². The quantitative estimate of drug-likeness (QED) is 0.697. The molecular weight excluding hydrogens is 218 g/mol. The molecule has 1 rings (SSSR count). The molecule has 0 saturated heterocycles. The first kappa shape index (κ1) is 14.0. The van der Waals surface area contributed by atoms with Gasteiger partial charge in [-0.3, -0.25) is 0 Å². The van der Waals surface area contributed by atoms with Crippen LogP contribution in [-0.2, 0) is 0 Å². The highest BCUT2D eigenvalue weighted by Gasteiger charge is 2.16. The van der Waals surface area contributed by atoms with Crippen molar-refractivity contribution in [3.8, 4) is 5.75 Å². The number of benzene rings is 1. The highest BCUT2D eigenvalue weighted by Crippen LogP contribution is 2.21. The lowest BCUT2D eigenvalue weighted by molar-refractivity contribution is 0.129. The average Bonchev–Trinajstić information content (AvgIpc) is 2.28. The van der Waals surface area contributed by atoms with Gasteiger partial charge in [-0.05, 0) is 38.0 Å². The summed E-state index contributed by atoms with van der Waals surface area (Å²) in [4.78, 5) is 0. The Hall–Kier alpha value is -1.10. The Labute approximate surface area is 102 Å². The molecule has 0 aliphatic rings. The molecule has 0 heterocycles. The summed E-state index contributed by atoms with van der Waals surface area (Å²) < 4.78 is 5.50. The van der Waals surface area contributed by atoms with Gasteiger partial charge in [0.15, 0.2) is 0 Å². The minimum atomic E-state index is -0.754. The number of ether oxygens (including phenoxy) is 1. The fourth-order valence-electron chi connectivity index (χ4n) is 1.57. The molecule has 4 N–H and O–H groups in total. The molecule has 0 fully saturated rings. The Morgan fingerprint density at radius 3 is 2.29 bits per heavy atom. The summed E-state index contributed by atoms with van der Waals surface area (Å²) in [5.41, 5.74) is 6.48. The van der Waals surface area contributed by atoms with E-state index in [1.807, 2.05) is 26.0 Å². The van der Waals surface area contributed by atoms with E-state index >= 15 is 0 Å². The molecule has 4 nitrogen and oxygen atoms in total. The molecule has 1 aromatic rings. The zero-order chi connectivity index (χ0) is 12.8. The lowest BCUT2D eigenvalue weighted by atomic mass is 10.0. The summed E-state index contributed by atoms with van der Waals surface area (Å²) in [5.74, 6) is 0.770. The molecule has 4 heteroatoms. The minimum absolute atomic E-state index is 0.0211. The zero-order valence-electron chi connectivity index (χ0n) is 10.3. The SMILES string of the molecule is CC(C)Oc1ccc(C(O)C(N)CCO)cc1. The molecule has 0 radical (unpaired) electrons. The van der Waals surface area contributed by atoms with Crippen LogP contribution in [0.2, 0.25) is 0 Å². The molecule has 0 bridgehead atoms. The van der Waals surface area contributed by atoms with Gasteiger partial charge in [0.2, 0.25) is 0 Å². The van der Waals surface area contributed by atoms with Crippen molar-refractivity contribution in [2.45, 2.75) is 38.5 Å². The van der Waals surface area contributed by atoms with Gasteiger partial charge in [-0.1, -0.05) is 12.1 Å². The van der Waals surface area contributed by atoms with Crippen LogP contribution in [0.5, 0.6) is 5.75 Å². The van der Waals surface area contributed by atoms with Gasteiger partial charge in [0.05, 0.1) is 12.2 Å². The van der Waals surface area contributed by atoms with Crippen LogP contribution in [0, 0.1) is 0 Å². The highest BCUT2D eigenvalue weighted by atomic mass is 16.5. The van der Waals surface area contributed by atoms with Gasteiger partial charge in [0, 0.05) is 12.6 Å². The van der Waals surface area contributed by atoms with Gasteiger partial charge in [-0.15, -0.1) is 0 Å². The Morgan fingerprint density at radius 2 is 1.82 bits per heavy atom. The van der Waals surface area contributed by atoms with E-state index in [0.29, 0.717) is 6.42 Å². The maximum atomic E-state index is 9.92. The number of rotatable bonds is 6. The zero-order valence-corrected chi connectivity index (χ0v) is 10.3. The summed E-state index contributed by atoms with van der Waals surface area (Å²) in [6, 6.07) is 6.75. The molecule has 0 aliphatic heterocycles. The smallest absolute Gasteiger partial charge is 0.119 e. The minimum Gasteiger partial charge on any atom is -0.491 e. The third-order valence-electron chi connectivity index (χ3n) is 2.46. The summed E-state index contributed by atoms with van der Waals surface area (Å²) in [5, 5.41) is 18.7. The van der Waals surface area contributed by atoms with Crippen molar-refractivity contribution in [2.75, 3.05) is 6.61 Å². The maximum Gasteiger partial charge on any atom is 0.119 e. The Morgan fingerprint density at radius 1 is 1.24 bits per heavy atom. The van der Waals surface area contributed by atoms with Crippen LogP contribution < -0.4 is 10.5 Å². The fourth-order valence-corrected chi connectivity index (χ4v) is 1.57. The van der Waals surface area contributed by atoms with E-state index in [2.05, 4.69) is 0 Å². The van der Waals surface area contributed by atoms with Crippen molar-refractivity contribution in [3.63, 3.8) is 0 Å². The van der Waals surface area contributed by atoms with Crippen LogP contribution in [0.1, 0.15) is 31.9 Å². The standard InChI is InChI=1S/C13H21NO3/c1-9(2)17-11-5-3-10(4-6-11)13(16)12(14)7-8-15/h3-6,9,12-13,15-16H,7-8,14H2,1-2H3. The Kier molecular flexibility index (Phi) is 5.41. The van der Waals surface area contributed by atoms with Gasteiger partial charge in [-0.2, -0.15) is 0 Å². The van der Waals surface area contributed by atoms with Crippen LogP contribution in [-0.4, -0.2) is 29.0 Å². The second-order valence-corrected chi connectivity index (χ2v) is 4.36. The lowest BCUT2D eigenvalue weighted by Gasteiger charge is -2.18. The Bertz CT molecular complexity index is 324. The molecule has 1 aromatic carbocycles. The third-order valence-corrected chi connectivity index (χ3v) is 2.46. The monoisotopic (exact) mass is 239 g/mol. The van der Waals surface area contributed by atoms with Crippen LogP contribution in [0.15, 0.2) is 24.3 Å². The van der Waals surface area contributed by atoms with Crippen LogP contribution in [0.25, 0.3) is 0 Å². The van der Waals surface area contributed by atoms with Crippen LogP contribution >= 0.6 is 0 Å². The van der Waals surface area contributed by atoms with Crippen molar-refractivity contribution in [1.82, 2.24) is 0 Å². The molecule has 0 amide bonds. The summed E-state index contributed by atoms with van der Waals surface area (Å²) in [6.07, 6.45) is -0.247. The van der Waals surface area contributed by atoms with Crippen molar-refractivity contribution in [1.29, 1.82) is 0 Å². The van der Waals surface area contributed by atoms with Crippen molar-refractivity contribution in [3.05, 3.63) is 29.8 Å². The molecule has 0 saturated carbocycles. The summed E-state index contributed by atoms with van der Waals surface area (Å²) in [6.45, 7) is 3.90. The van der Waals surface area contributed by atoms with Gasteiger partial charge < -0.3 is 20.7 Å². The van der Waals surface area contributed by atoms with E-state index < -0.39 is 12.1 Å². The first-order chi connectivity index (χ1) is 8.04. The van der Waals surface area contributed by atoms with E-state index in [9.17, 15) is 5.11 Å². The van der Waals surface area contributed by atoms with Crippen molar-refractivity contribution in [2.24, 2.45) is 5.73 Å². The van der Waals surface area contributed by atoms with E-state index in [1.165, 1.54) is 0 Å². The first-order valence-corrected chi connectivity index (χ1v) is 5.85. The molecule has 96 valence electrons. The fraction of sp³-hybridized carbons (Fsp3) is 0.538. The molecule has 0 spiro atoms. The summed E-state index contributed by atoms with van der Waals surface area (Å²) in [7, 11) is 0. The number of hydrogen-bond acceptors (Lipinski definition) is 4. The lowest BCUT2D eigenvalue weighted by Crippen LogP contribution is -2.29. The first-order valence-electron chi connectivity index (χ1n) is 5.85. The maximum absolute atomic E-state index is 9.92. The van der Waals surface area contributed by atoms with Crippen molar-refractivity contribution < 1.29 is 14.9 Å². The summed E-state index contributed by atoms with van der Waals surface area (Å²) >= 11 is 0. The number of aliphatic hydroxyl groups excluding tert-OH is 2. The highest BCUT2D eigenvalue weighted by molar-refractivity contribution is 5.29. The second-order valence-electron chi connectivity index (χ2n) is 4.36. The normalized spacial score (nSPS) is 14.7. The van der Waals surface area contributed by atoms with Gasteiger partial charge in [0.25, 0.3) is 0 Å². The van der Waals surface area contributed by atoms with Gasteiger partial charge in [-0.25, -0.2) is 0 Å². The van der Waals surface area contributed by atoms with Crippen molar-refractivity contribution >= 4 is 0 Å². The molecule has 0 aliphatic carbocycles. The van der Waals surface area contributed by atoms with E-state index in [4.69, 9.17) is 15.6 Å².